The smallest absolute Gasteiger partial charge is 0.339 e. The molecule has 0 fully saturated rings. The molecule has 4 nitrogen and oxygen atoms in total. The Morgan fingerprint density at radius 2 is 2.33 bits per heavy atom. The van der Waals surface area contributed by atoms with E-state index < -0.39 is 5.97 Å². The second-order valence-electron chi connectivity index (χ2n) is 2.00. The predicted octanol–water partition coefficient (Wildman–Crippen LogP) is 1.78. The van der Waals surface area contributed by atoms with Gasteiger partial charge in [0.25, 0.3) is 0 Å². The number of hydrogen-bond donors (Lipinski definition) is 2. The third kappa shape index (κ3) is 1.67. The summed E-state index contributed by atoms with van der Waals surface area (Å²) in [7, 11) is 0. The first kappa shape index (κ1) is 9.28. The van der Waals surface area contributed by atoms with Crippen LogP contribution in [0.3, 0.4) is 0 Å². The van der Waals surface area contributed by atoms with E-state index in [2.05, 4.69) is 20.9 Å². The molecule has 0 aliphatic rings. The van der Waals surface area contributed by atoms with Gasteiger partial charge in [0.05, 0.1) is 4.47 Å². The summed E-state index contributed by atoms with van der Waals surface area (Å²) in [6.45, 7) is 0. The zero-order valence-electron chi connectivity index (χ0n) is 5.71. The summed E-state index contributed by atoms with van der Waals surface area (Å²) in [6.07, 6.45) is 0. The van der Waals surface area contributed by atoms with Crippen molar-refractivity contribution in [3.05, 3.63) is 21.3 Å². The van der Waals surface area contributed by atoms with Crippen molar-refractivity contribution < 1.29 is 9.90 Å². The maximum atomic E-state index is 10.5. The van der Waals surface area contributed by atoms with Crippen molar-refractivity contribution in [2.75, 3.05) is 5.73 Å². The lowest BCUT2D eigenvalue weighted by Crippen LogP contribution is -2.04. The van der Waals surface area contributed by atoms with Crippen molar-refractivity contribution in [1.29, 1.82) is 0 Å². The molecule has 0 aliphatic heterocycles. The number of carboxylic acids is 1. The highest BCUT2D eigenvalue weighted by atomic mass is 79.9. The van der Waals surface area contributed by atoms with Gasteiger partial charge in [-0.3, -0.25) is 0 Å². The second-order valence-corrected chi connectivity index (χ2v) is 3.21. The largest absolute Gasteiger partial charge is 0.478 e. The van der Waals surface area contributed by atoms with Gasteiger partial charge in [-0.1, -0.05) is 11.6 Å². The quantitative estimate of drug-likeness (QED) is 0.746. The molecule has 1 aromatic heterocycles. The molecular weight excluding hydrogens is 247 g/mol. The van der Waals surface area contributed by atoms with Gasteiger partial charge in [0, 0.05) is 0 Å². The molecule has 3 N–H and O–H groups in total. The molecule has 0 radical (unpaired) electrons. The van der Waals surface area contributed by atoms with E-state index in [-0.39, 0.29) is 16.5 Å². The van der Waals surface area contributed by atoms with Crippen LogP contribution in [0.1, 0.15) is 10.4 Å². The number of halogens is 2. The van der Waals surface area contributed by atoms with Gasteiger partial charge < -0.3 is 10.8 Å². The van der Waals surface area contributed by atoms with E-state index in [0.29, 0.717) is 4.47 Å². The van der Waals surface area contributed by atoms with Crippen LogP contribution >= 0.6 is 27.5 Å². The molecule has 12 heavy (non-hydrogen) atoms. The molecule has 0 aromatic carbocycles. The summed E-state index contributed by atoms with van der Waals surface area (Å²) in [6, 6.07) is 1.31. The monoisotopic (exact) mass is 250 g/mol. The Hall–Kier alpha value is -0.810. The average Bonchev–Trinajstić information content (AvgIpc) is 1.96. The second kappa shape index (κ2) is 3.28. The van der Waals surface area contributed by atoms with Crippen LogP contribution < -0.4 is 5.73 Å². The Kier molecular flexibility index (Phi) is 2.54. The van der Waals surface area contributed by atoms with Crippen LogP contribution in [0, 0.1) is 0 Å². The highest BCUT2D eigenvalue weighted by molar-refractivity contribution is 9.10. The van der Waals surface area contributed by atoms with Crippen molar-refractivity contribution in [2.45, 2.75) is 0 Å². The molecule has 0 unspecified atom stereocenters. The lowest BCUT2D eigenvalue weighted by Gasteiger charge is -2.01. The van der Waals surface area contributed by atoms with Crippen molar-refractivity contribution in [2.24, 2.45) is 0 Å². The van der Waals surface area contributed by atoms with Crippen LogP contribution in [0.5, 0.6) is 0 Å². The minimum atomic E-state index is -1.13. The Morgan fingerprint density at radius 3 is 2.83 bits per heavy atom. The first-order valence-electron chi connectivity index (χ1n) is 2.87. The van der Waals surface area contributed by atoms with Crippen molar-refractivity contribution in [3.8, 4) is 0 Å². The number of nitrogen functional groups attached to an aromatic ring is 1. The fourth-order valence-electron chi connectivity index (χ4n) is 0.651. The number of carboxylic acid groups (broad SMARTS) is 1. The standard InChI is InChI=1S/C6H4BrClN2O2/c7-3-1-2(6(11)12)5(9)10-4(3)8/h1H,(H2,9,10)(H,11,12). The number of hydrogen-bond acceptors (Lipinski definition) is 3. The van der Waals surface area contributed by atoms with Gasteiger partial charge >= 0.3 is 5.97 Å². The van der Waals surface area contributed by atoms with E-state index in [9.17, 15) is 4.79 Å². The lowest BCUT2D eigenvalue weighted by molar-refractivity contribution is 0.0697. The average molecular weight is 251 g/mol. The van der Waals surface area contributed by atoms with Gasteiger partial charge in [0.15, 0.2) is 0 Å². The van der Waals surface area contributed by atoms with E-state index in [1.807, 2.05) is 0 Å². The molecule has 1 rings (SSSR count). The Balaban J connectivity index is 3.33. The molecule has 0 saturated heterocycles. The fraction of sp³-hybridized carbons (Fsp3) is 0. The highest BCUT2D eigenvalue weighted by Crippen LogP contribution is 2.24. The minimum Gasteiger partial charge on any atom is -0.478 e. The zero-order chi connectivity index (χ0) is 9.30. The molecule has 0 amide bonds. The normalized spacial score (nSPS) is 9.83. The SMILES string of the molecule is Nc1nc(Cl)c(Br)cc1C(=O)O. The summed E-state index contributed by atoms with van der Waals surface area (Å²) in [5.74, 6) is -1.21. The number of carbonyl (C=O) groups is 1. The van der Waals surface area contributed by atoms with E-state index in [4.69, 9.17) is 22.4 Å². The van der Waals surface area contributed by atoms with Crippen LogP contribution in [0.15, 0.2) is 10.5 Å². The van der Waals surface area contributed by atoms with E-state index >= 15 is 0 Å². The minimum absolute atomic E-state index is 0.0636. The van der Waals surface area contributed by atoms with Crippen molar-refractivity contribution >= 4 is 39.3 Å². The number of pyridine rings is 1. The first-order chi connectivity index (χ1) is 5.52. The van der Waals surface area contributed by atoms with E-state index in [1.165, 1.54) is 6.07 Å². The number of aromatic nitrogens is 1. The molecule has 1 heterocycles. The van der Waals surface area contributed by atoms with Crippen LogP contribution in [-0.4, -0.2) is 16.1 Å². The number of anilines is 1. The number of rotatable bonds is 1. The zero-order valence-corrected chi connectivity index (χ0v) is 8.06. The predicted molar refractivity (Wildman–Crippen MR) is 48.3 cm³/mol. The molecule has 1 aromatic rings. The van der Waals surface area contributed by atoms with Crippen molar-refractivity contribution in [3.63, 3.8) is 0 Å². The maximum absolute atomic E-state index is 10.5. The van der Waals surface area contributed by atoms with Gasteiger partial charge in [-0.05, 0) is 22.0 Å². The van der Waals surface area contributed by atoms with E-state index in [1.54, 1.807) is 0 Å². The van der Waals surface area contributed by atoms with Gasteiger partial charge in [0.1, 0.15) is 16.5 Å². The summed E-state index contributed by atoms with van der Waals surface area (Å²) < 4.78 is 0.413. The number of nitrogens with zero attached hydrogens (tertiary/aromatic N) is 1. The Labute approximate surface area is 81.5 Å². The summed E-state index contributed by atoms with van der Waals surface area (Å²) in [4.78, 5) is 14.1. The van der Waals surface area contributed by atoms with E-state index in [0.717, 1.165) is 0 Å². The number of nitrogens with two attached hydrogens (primary N) is 1. The third-order valence-electron chi connectivity index (χ3n) is 1.19. The third-order valence-corrected chi connectivity index (χ3v) is 2.31. The summed E-state index contributed by atoms with van der Waals surface area (Å²) >= 11 is 8.59. The Morgan fingerprint density at radius 1 is 1.75 bits per heavy atom. The fourth-order valence-corrected chi connectivity index (χ4v) is 1.11. The molecule has 0 atom stereocenters. The first-order valence-corrected chi connectivity index (χ1v) is 4.04. The molecule has 0 spiro atoms. The highest BCUT2D eigenvalue weighted by Gasteiger charge is 2.11. The van der Waals surface area contributed by atoms with Gasteiger partial charge in [0.2, 0.25) is 0 Å². The van der Waals surface area contributed by atoms with Crippen molar-refractivity contribution in [1.82, 2.24) is 4.98 Å². The summed E-state index contributed by atoms with van der Waals surface area (Å²) in [5, 5.41) is 8.75. The topological polar surface area (TPSA) is 76.2 Å². The van der Waals surface area contributed by atoms with Crippen LogP contribution in [0.4, 0.5) is 5.82 Å². The van der Waals surface area contributed by atoms with Gasteiger partial charge in [-0.15, -0.1) is 0 Å². The van der Waals surface area contributed by atoms with Crippen LogP contribution in [0.2, 0.25) is 5.15 Å². The maximum Gasteiger partial charge on any atom is 0.339 e. The molecule has 0 aliphatic carbocycles. The lowest BCUT2D eigenvalue weighted by atomic mass is 10.2. The Bertz CT molecular complexity index is 343. The molecule has 64 valence electrons. The summed E-state index contributed by atoms with van der Waals surface area (Å²) in [5.41, 5.74) is 5.23. The van der Waals surface area contributed by atoms with Crippen LogP contribution in [-0.2, 0) is 0 Å². The van der Waals surface area contributed by atoms with Crippen LogP contribution in [0.25, 0.3) is 0 Å². The number of aromatic carboxylic acids is 1. The van der Waals surface area contributed by atoms with Gasteiger partial charge in [-0.2, -0.15) is 0 Å². The molecular formula is C6H4BrClN2O2. The molecule has 6 heteroatoms. The van der Waals surface area contributed by atoms with Gasteiger partial charge in [-0.25, -0.2) is 9.78 Å². The molecule has 0 saturated carbocycles. The molecule has 0 bridgehead atoms.